The normalized spacial score (nSPS) is 18.1. The van der Waals surface area contributed by atoms with Crippen LogP contribution in [-0.4, -0.2) is 36.1 Å². The molecule has 1 unspecified atom stereocenters. The van der Waals surface area contributed by atoms with Crippen LogP contribution in [0.1, 0.15) is 30.5 Å². The van der Waals surface area contributed by atoms with Crippen molar-refractivity contribution >= 4 is 35.7 Å². The second-order valence-corrected chi connectivity index (χ2v) is 6.19. The number of nitrogens with one attached hydrogen (secondary N) is 1. The Morgan fingerprint density at radius 3 is 2.78 bits per heavy atom. The van der Waals surface area contributed by atoms with E-state index in [1.54, 1.807) is 0 Å². The SMILES string of the molecule is Cc1cc(CN(C)C2CCCNCC2)c2ccccc2n1.Cl.Cl. The number of halogens is 2. The Morgan fingerprint density at radius 2 is 1.96 bits per heavy atom. The second-order valence-electron chi connectivity index (χ2n) is 6.19. The Bertz CT molecular complexity index is 610. The zero-order valence-corrected chi connectivity index (χ0v) is 15.6. The number of rotatable bonds is 3. The molecule has 5 heteroatoms. The van der Waals surface area contributed by atoms with Crippen LogP contribution in [0.25, 0.3) is 10.9 Å². The van der Waals surface area contributed by atoms with Crippen molar-refractivity contribution in [1.82, 2.24) is 15.2 Å². The van der Waals surface area contributed by atoms with Crippen molar-refractivity contribution in [3.8, 4) is 0 Å². The maximum atomic E-state index is 4.64. The lowest BCUT2D eigenvalue weighted by Crippen LogP contribution is -2.32. The molecule has 1 aromatic carbocycles. The molecule has 0 aliphatic carbocycles. The summed E-state index contributed by atoms with van der Waals surface area (Å²) in [5.41, 5.74) is 3.63. The molecule has 2 aromatic rings. The van der Waals surface area contributed by atoms with Crippen molar-refractivity contribution < 1.29 is 0 Å². The Balaban J connectivity index is 0.00000132. The van der Waals surface area contributed by atoms with Gasteiger partial charge in [-0.3, -0.25) is 9.88 Å². The van der Waals surface area contributed by atoms with Gasteiger partial charge in [-0.2, -0.15) is 0 Å². The third-order valence-electron chi connectivity index (χ3n) is 4.52. The van der Waals surface area contributed by atoms with Crippen molar-refractivity contribution in [2.75, 3.05) is 20.1 Å². The topological polar surface area (TPSA) is 28.2 Å². The van der Waals surface area contributed by atoms with E-state index >= 15 is 0 Å². The Kier molecular flexibility index (Phi) is 8.27. The van der Waals surface area contributed by atoms with Gasteiger partial charge in [0.1, 0.15) is 0 Å². The summed E-state index contributed by atoms with van der Waals surface area (Å²) in [5.74, 6) is 0. The second kappa shape index (κ2) is 9.43. The molecule has 1 N–H and O–H groups in total. The minimum Gasteiger partial charge on any atom is -0.317 e. The van der Waals surface area contributed by atoms with Gasteiger partial charge in [-0.05, 0) is 64.0 Å². The lowest BCUT2D eigenvalue weighted by molar-refractivity contribution is 0.217. The molecule has 0 saturated carbocycles. The molecule has 1 aliphatic heterocycles. The van der Waals surface area contributed by atoms with Gasteiger partial charge in [0.2, 0.25) is 0 Å². The average molecular weight is 356 g/mol. The lowest BCUT2D eigenvalue weighted by atomic mass is 10.0. The molecular weight excluding hydrogens is 329 g/mol. The molecule has 23 heavy (non-hydrogen) atoms. The fourth-order valence-electron chi connectivity index (χ4n) is 3.36. The molecule has 1 aliphatic rings. The fourth-order valence-corrected chi connectivity index (χ4v) is 3.36. The van der Waals surface area contributed by atoms with Crippen LogP contribution in [0.5, 0.6) is 0 Å². The number of benzene rings is 1. The van der Waals surface area contributed by atoms with Crippen molar-refractivity contribution in [2.45, 2.75) is 38.8 Å². The maximum absolute atomic E-state index is 4.64. The molecule has 1 fully saturated rings. The fraction of sp³-hybridized carbons (Fsp3) is 0.500. The van der Waals surface area contributed by atoms with Crippen LogP contribution in [-0.2, 0) is 6.54 Å². The van der Waals surface area contributed by atoms with E-state index < -0.39 is 0 Å². The molecule has 0 spiro atoms. The third-order valence-corrected chi connectivity index (χ3v) is 4.52. The van der Waals surface area contributed by atoms with Gasteiger partial charge in [0.25, 0.3) is 0 Å². The summed E-state index contributed by atoms with van der Waals surface area (Å²) in [4.78, 5) is 7.16. The van der Waals surface area contributed by atoms with Crippen molar-refractivity contribution in [1.29, 1.82) is 0 Å². The summed E-state index contributed by atoms with van der Waals surface area (Å²) < 4.78 is 0. The number of hydrogen-bond donors (Lipinski definition) is 1. The largest absolute Gasteiger partial charge is 0.317 e. The number of aryl methyl sites for hydroxylation is 1. The monoisotopic (exact) mass is 355 g/mol. The molecule has 0 bridgehead atoms. The predicted molar refractivity (Wildman–Crippen MR) is 103 cm³/mol. The quantitative estimate of drug-likeness (QED) is 0.902. The van der Waals surface area contributed by atoms with E-state index in [2.05, 4.69) is 59.5 Å². The molecule has 1 atom stereocenters. The summed E-state index contributed by atoms with van der Waals surface area (Å²) in [6, 6.07) is 11.4. The lowest BCUT2D eigenvalue weighted by Gasteiger charge is -2.27. The molecule has 1 aromatic heterocycles. The van der Waals surface area contributed by atoms with E-state index in [0.29, 0.717) is 6.04 Å². The minimum atomic E-state index is 0. The van der Waals surface area contributed by atoms with E-state index in [-0.39, 0.29) is 24.8 Å². The van der Waals surface area contributed by atoms with E-state index in [1.165, 1.54) is 36.8 Å². The van der Waals surface area contributed by atoms with Gasteiger partial charge < -0.3 is 5.32 Å². The Morgan fingerprint density at radius 1 is 1.17 bits per heavy atom. The van der Waals surface area contributed by atoms with Crippen molar-refractivity contribution in [3.05, 3.63) is 41.6 Å². The van der Waals surface area contributed by atoms with E-state index in [1.807, 2.05) is 0 Å². The minimum absolute atomic E-state index is 0. The van der Waals surface area contributed by atoms with Gasteiger partial charge in [0.05, 0.1) is 5.52 Å². The van der Waals surface area contributed by atoms with Crippen LogP contribution in [0.3, 0.4) is 0 Å². The van der Waals surface area contributed by atoms with Crippen LogP contribution >= 0.6 is 24.8 Å². The van der Waals surface area contributed by atoms with Gasteiger partial charge >= 0.3 is 0 Å². The first-order valence-corrected chi connectivity index (χ1v) is 8.00. The summed E-state index contributed by atoms with van der Waals surface area (Å²) in [7, 11) is 2.26. The van der Waals surface area contributed by atoms with Crippen molar-refractivity contribution in [3.63, 3.8) is 0 Å². The van der Waals surface area contributed by atoms with Gasteiger partial charge in [-0.25, -0.2) is 0 Å². The van der Waals surface area contributed by atoms with Crippen LogP contribution in [0.4, 0.5) is 0 Å². The van der Waals surface area contributed by atoms with Gasteiger partial charge in [0, 0.05) is 23.7 Å². The molecular formula is C18H27Cl2N3. The van der Waals surface area contributed by atoms with Gasteiger partial charge in [-0.15, -0.1) is 24.8 Å². The Labute approximate surface area is 151 Å². The summed E-state index contributed by atoms with van der Waals surface area (Å²) in [6.45, 7) is 5.41. The number of para-hydroxylation sites is 1. The number of aromatic nitrogens is 1. The molecule has 3 rings (SSSR count). The first-order chi connectivity index (χ1) is 10.2. The summed E-state index contributed by atoms with van der Waals surface area (Å²) in [5, 5.41) is 4.79. The van der Waals surface area contributed by atoms with Crippen molar-refractivity contribution in [2.24, 2.45) is 0 Å². The highest BCUT2D eigenvalue weighted by Gasteiger charge is 2.17. The molecule has 1 saturated heterocycles. The number of hydrogen-bond acceptors (Lipinski definition) is 3. The zero-order chi connectivity index (χ0) is 14.7. The number of nitrogens with zero attached hydrogens (tertiary/aromatic N) is 2. The smallest absolute Gasteiger partial charge is 0.0708 e. The van der Waals surface area contributed by atoms with Gasteiger partial charge in [-0.1, -0.05) is 18.2 Å². The van der Waals surface area contributed by atoms with Crippen LogP contribution in [0.2, 0.25) is 0 Å². The third kappa shape index (κ3) is 5.05. The van der Waals surface area contributed by atoms with E-state index in [9.17, 15) is 0 Å². The van der Waals surface area contributed by atoms with E-state index in [0.717, 1.165) is 24.3 Å². The average Bonchev–Trinajstić information content (AvgIpc) is 2.76. The number of pyridine rings is 1. The summed E-state index contributed by atoms with van der Waals surface area (Å²) >= 11 is 0. The molecule has 0 radical (unpaired) electrons. The summed E-state index contributed by atoms with van der Waals surface area (Å²) in [6.07, 6.45) is 3.83. The molecule has 2 heterocycles. The highest BCUT2D eigenvalue weighted by Crippen LogP contribution is 2.22. The highest BCUT2D eigenvalue weighted by molar-refractivity contribution is 5.85. The van der Waals surface area contributed by atoms with Crippen LogP contribution in [0.15, 0.2) is 30.3 Å². The first kappa shape index (κ1) is 20.2. The molecule has 0 amide bonds. The zero-order valence-electron chi connectivity index (χ0n) is 13.9. The standard InChI is InChI=1S/C18H25N3.2ClH/c1-14-12-15(17-7-3-4-8-18(17)20-14)13-21(2)16-6-5-10-19-11-9-16;;/h3-4,7-8,12,16,19H,5-6,9-11,13H2,1-2H3;2*1H. The molecule has 128 valence electrons. The maximum Gasteiger partial charge on any atom is 0.0708 e. The van der Waals surface area contributed by atoms with E-state index in [4.69, 9.17) is 0 Å². The molecule has 3 nitrogen and oxygen atoms in total. The highest BCUT2D eigenvalue weighted by atomic mass is 35.5. The van der Waals surface area contributed by atoms with Crippen LogP contribution < -0.4 is 5.32 Å². The Hall–Kier alpha value is -0.870. The predicted octanol–water partition coefficient (Wildman–Crippen LogP) is 3.96. The number of fused-ring (bicyclic) bond motifs is 1. The van der Waals surface area contributed by atoms with Crippen LogP contribution in [0, 0.1) is 6.92 Å². The first-order valence-electron chi connectivity index (χ1n) is 8.00. The van der Waals surface area contributed by atoms with Gasteiger partial charge in [0.15, 0.2) is 0 Å².